The second kappa shape index (κ2) is 7.25. The van der Waals surface area contributed by atoms with E-state index in [4.69, 9.17) is 4.74 Å². The van der Waals surface area contributed by atoms with E-state index in [9.17, 15) is 0 Å². The Morgan fingerprint density at radius 2 is 1.94 bits per heavy atom. The average Bonchev–Trinajstić information content (AvgIpc) is 2.30. The largest absolute Gasteiger partial charge is 0.376 e. The van der Waals surface area contributed by atoms with Gasteiger partial charge in [-0.25, -0.2) is 0 Å². The Labute approximate surface area is 101 Å². The van der Waals surface area contributed by atoms with Gasteiger partial charge in [0.25, 0.3) is 0 Å². The van der Waals surface area contributed by atoms with Gasteiger partial charge in [-0.15, -0.1) is 0 Å². The van der Waals surface area contributed by atoms with Crippen molar-refractivity contribution in [2.45, 2.75) is 46.3 Å². The number of nitrogens with zero attached hydrogens (tertiary/aromatic N) is 2. The lowest BCUT2D eigenvalue weighted by Crippen LogP contribution is -2.49. The van der Waals surface area contributed by atoms with E-state index < -0.39 is 0 Å². The summed E-state index contributed by atoms with van der Waals surface area (Å²) in [6, 6.07) is 0.574. The van der Waals surface area contributed by atoms with Gasteiger partial charge >= 0.3 is 0 Å². The van der Waals surface area contributed by atoms with Crippen molar-refractivity contribution >= 4 is 0 Å². The third-order valence-corrected chi connectivity index (χ3v) is 3.83. The number of ether oxygens (including phenoxy) is 1. The fourth-order valence-electron chi connectivity index (χ4n) is 2.35. The maximum absolute atomic E-state index is 5.64. The molecule has 0 radical (unpaired) electrons. The van der Waals surface area contributed by atoms with E-state index in [1.807, 2.05) is 0 Å². The Hall–Kier alpha value is -0.120. The van der Waals surface area contributed by atoms with Crippen molar-refractivity contribution < 1.29 is 4.74 Å². The van der Waals surface area contributed by atoms with E-state index in [0.29, 0.717) is 12.1 Å². The molecule has 1 rings (SSSR count). The SMILES string of the molecule is CCN(CC)CCCN1CCOC(C)C1C. The summed E-state index contributed by atoms with van der Waals surface area (Å²) < 4.78 is 5.64. The lowest BCUT2D eigenvalue weighted by atomic mass is 10.1. The molecule has 0 N–H and O–H groups in total. The molecule has 96 valence electrons. The van der Waals surface area contributed by atoms with Crippen molar-refractivity contribution in [2.75, 3.05) is 39.3 Å². The number of hydrogen-bond acceptors (Lipinski definition) is 3. The summed E-state index contributed by atoms with van der Waals surface area (Å²) in [4.78, 5) is 5.06. The second-order valence-electron chi connectivity index (χ2n) is 4.73. The highest BCUT2D eigenvalue weighted by atomic mass is 16.5. The molecule has 0 saturated carbocycles. The molecule has 0 aromatic heterocycles. The summed E-state index contributed by atoms with van der Waals surface area (Å²) in [5, 5.41) is 0. The zero-order chi connectivity index (χ0) is 12.0. The highest BCUT2D eigenvalue weighted by molar-refractivity contribution is 4.77. The Balaban J connectivity index is 2.21. The molecule has 1 aliphatic heterocycles. The summed E-state index contributed by atoms with van der Waals surface area (Å²) >= 11 is 0. The topological polar surface area (TPSA) is 15.7 Å². The normalized spacial score (nSPS) is 27.6. The van der Waals surface area contributed by atoms with Crippen molar-refractivity contribution in [2.24, 2.45) is 0 Å². The molecule has 0 bridgehead atoms. The fourth-order valence-corrected chi connectivity index (χ4v) is 2.35. The molecule has 2 atom stereocenters. The molecule has 0 aromatic carbocycles. The molecule has 1 aliphatic rings. The van der Waals surface area contributed by atoms with Crippen LogP contribution in [0.2, 0.25) is 0 Å². The van der Waals surface area contributed by atoms with Crippen molar-refractivity contribution in [1.29, 1.82) is 0 Å². The van der Waals surface area contributed by atoms with E-state index in [1.54, 1.807) is 0 Å². The Bertz CT molecular complexity index is 183. The molecule has 0 amide bonds. The van der Waals surface area contributed by atoms with Gasteiger partial charge in [0.1, 0.15) is 0 Å². The lowest BCUT2D eigenvalue weighted by molar-refractivity contribution is -0.0558. The average molecular weight is 228 g/mol. The first kappa shape index (κ1) is 13.9. The zero-order valence-corrected chi connectivity index (χ0v) is 11.4. The van der Waals surface area contributed by atoms with Crippen LogP contribution in [-0.2, 0) is 4.74 Å². The van der Waals surface area contributed by atoms with E-state index in [2.05, 4.69) is 37.5 Å². The first-order valence-corrected chi connectivity index (χ1v) is 6.77. The second-order valence-corrected chi connectivity index (χ2v) is 4.73. The van der Waals surface area contributed by atoms with Crippen LogP contribution in [0, 0.1) is 0 Å². The van der Waals surface area contributed by atoms with Gasteiger partial charge in [-0.2, -0.15) is 0 Å². The molecular formula is C13H28N2O. The van der Waals surface area contributed by atoms with Gasteiger partial charge < -0.3 is 9.64 Å². The maximum Gasteiger partial charge on any atom is 0.0700 e. The highest BCUT2D eigenvalue weighted by Crippen LogP contribution is 2.13. The monoisotopic (exact) mass is 228 g/mol. The minimum absolute atomic E-state index is 0.391. The summed E-state index contributed by atoms with van der Waals surface area (Å²) in [6.45, 7) is 15.7. The third-order valence-electron chi connectivity index (χ3n) is 3.83. The van der Waals surface area contributed by atoms with Crippen LogP contribution in [0.5, 0.6) is 0 Å². The van der Waals surface area contributed by atoms with E-state index in [1.165, 1.54) is 32.6 Å². The van der Waals surface area contributed by atoms with Crippen molar-refractivity contribution in [3.63, 3.8) is 0 Å². The molecule has 1 heterocycles. The van der Waals surface area contributed by atoms with Gasteiger partial charge in [0.15, 0.2) is 0 Å². The van der Waals surface area contributed by atoms with Gasteiger partial charge in [-0.3, -0.25) is 4.90 Å². The highest BCUT2D eigenvalue weighted by Gasteiger charge is 2.24. The zero-order valence-electron chi connectivity index (χ0n) is 11.4. The molecule has 3 nitrogen and oxygen atoms in total. The van der Waals surface area contributed by atoms with Crippen LogP contribution in [-0.4, -0.2) is 61.3 Å². The summed E-state index contributed by atoms with van der Waals surface area (Å²) in [7, 11) is 0. The minimum Gasteiger partial charge on any atom is -0.376 e. The summed E-state index contributed by atoms with van der Waals surface area (Å²) in [5.74, 6) is 0. The van der Waals surface area contributed by atoms with Crippen molar-refractivity contribution in [3.05, 3.63) is 0 Å². The summed E-state index contributed by atoms with van der Waals surface area (Å²) in [5.41, 5.74) is 0. The quantitative estimate of drug-likeness (QED) is 0.690. The summed E-state index contributed by atoms with van der Waals surface area (Å²) in [6.07, 6.45) is 1.67. The molecule has 3 heteroatoms. The van der Waals surface area contributed by atoms with Crippen LogP contribution in [0.1, 0.15) is 34.1 Å². The molecule has 0 aliphatic carbocycles. The predicted molar refractivity (Wildman–Crippen MR) is 68.9 cm³/mol. The van der Waals surface area contributed by atoms with Crippen molar-refractivity contribution in [1.82, 2.24) is 9.80 Å². The van der Waals surface area contributed by atoms with Crippen LogP contribution in [0.15, 0.2) is 0 Å². The fraction of sp³-hybridized carbons (Fsp3) is 1.00. The molecule has 0 spiro atoms. The third kappa shape index (κ3) is 4.04. The Kier molecular flexibility index (Phi) is 6.32. The van der Waals surface area contributed by atoms with Gasteiger partial charge in [0.05, 0.1) is 12.7 Å². The van der Waals surface area contributed by atoms with Crippen LogP contribution < -0.4 is 0 Å². The smallest absolute Gasteiger partial charge is 0.0700 e. The molecule has 1 saturated heterocycles. The molecule has 1 fully saturated rings. The van der Waals surface area contributed by atoms with Gasteiger partial charge in [-0.05, 0) is 46.4 Å². The first-order chi connectivity index (χ1) is 7.69. The number of rotatable bonds is 6. The minimum atomic E-state index is 0.391. The number of hydrogen-bond donors (Lipinski definition) is 0. The Morgan fingerprint density at radius 1 is 1.25 bits per heavy atom. The predicted octanol–water partition coefficient (Wildman–Crippen LogP) is 1.83. The van der Waals surface area contributed by atoms with Crippen molar-refractivity contribution in [3.8, 4) is 0 Å². The van der Waals surface area contributed by atoms with Crippen LogP contribution in [0.25, 0.3) is 0 Å². The van der Waals surface area contributed by atoms with Gasteiger partial charge in [0, 0.05) is 12.6 Å². The maximum atomic E-state index is 5.64. The van der Waals surface area contributed by atoms with Crippen LogP contribution >= 0.6 is 0 Å². The Morgan fingerprint density at radius 3 is 2.56 bits per heavy atom. The van der Waals surface area contributed by atoms with Crippen LogP contribution in [0.4, 0.5) is 0 Å². The molecule has 2 unspecified atom stereocenters. The molecule has 0 aromatic rings. The number of morpholine rings is 1. The molecule has 16 heavy (non-hydrogen) atoms. The first-order valence-electron chi connectivity index (χ1n) is 6.77. The van der Waals surface area contributed by atoms with Gasteiger partial charge in [-0.1, -0.05) is 13.8 Å². The van der Waals surface area contributed by atoms with E-state index >= 15 is 0 Å². The molecular weight excluding hydrogens is 200 g/mol. The van der Waals surface area contributed by atoms with Gasteiger partial charge in [0.2, 0.25) is 0 Å². The van der Waals surface area contributed by atoms with Crippen LogP contribution in [0.3, 0.4) is 0 Å². The standard InChI is InChI=1S/C13H28N2O/c1-5-14(6-2)8-7-9-15-10-11-16-13(4)12(15)3/h12-13H,5-11H2,1-4H3. The van der Waals surface area contributed by atoms with E-state index in [-0.39, 0.29) is 0 Å². The van der Waals surface area contributed by atoms with E-state index in [0.717, 1.165) is 13.2 Å². The lowest BCUT2D eigenvalue weighted by Gasteiger charge is -2.38.